The smallest absolute Gasteiger partial charge is 0.339 e. The Kier molecular flexibility index (Phi) is 8.10. The Morgan fingerprint density at radius 1 is 0.983 bits per heavy atom. The molecule has 1 aromatic heterocycles. The number of nitrogens with one attached hydrogen (secondary N) is 2. The zero-order chi connectivity index (χ0) is 40.3. The lowest BCUT2D eigenvalue weighted by Crippen LogP contribution is -2.80. The fraction of sp³-hybridized carbons (Fsp3) is 0.756. The summed E-state index contributed by atoms with van der Waals surface area (Å²) in [4.78, 5) is 43.8. The molecule has 0 aromatic carbocycles. The molecule has 5 aliphatic heterocycles. The van der Waals surface area contributed by atoms with Crippen LogP contribution < -0.4 is 10.6 Å². The summed E-state index contributed by atoms with van der Waals surface area (Å²) >= 11 is 0. The Hall–Kier alpha value is -2.91. The molecule has 15 unspecified atom stereocenters. The van der Waals surface area contributed by atoms with Crippen molar-refractivity contribution in [3.63, 3.8) is 0 Å². The minimum atomic E-state index is -1.49. The first-order valence-corrected chi connectivity index (χ1v) is 21.9. The first-order valence-electron chi connectivity index (χ1n) is 21.9. The van der Waals surface area contributed by atoms with E-state index in [0.29, 0.717) is 61.8 Å². The van der Waals surface area contributed by atoms with Crippen molar-refractivity contribution >= 4 is 17.7 Å². The number of furan rings is 1. The highest BCUT2D eigenvalue weighted by molar-refractivity contribution is 5.98. The van der Waals surface area contributed by atoms with E-state index in [-0.39, 0.29) is 30.2 Å². The maximum Gasteiger partial charge on any atom is 0.339 e. The number of ether oxygens (including phenoxy) is 4. The van der Waals surface area contributed by atoms with Crippen LogP contribution in [0, 0.1) is 50.7 Å². The molecule has 13 nitrogen and oxygen atoms in total. The lowest BCUT2D eigenvalue weighted by atomic mass is 9.32. The van der Waals surface area contributed by atoms with Gasteiger partial charge in [-0.3, -0.25) is 14.9 Å². The molecule has 58 heavy (non-hydrogen) atoms. The number of cyclic esters (lactones) is 2. The van der Waals surface area contributed by atoms with Crippen LogP contribution in [0.1, 0.15) is 96.0 Å². The number of carbonyl (C=O) groups is 3. The van der Waals surface area contributed by atoms with Crippen LogP contribution in [0.5, 0.6) is 0 Å². The second-order valence-corrected chi connectivity index (χ2v) is 20.4. The molecule has 6 aliphatic carbocycles. The highest BCUT2D eigenvalue weighted by Crippen LogP contribution is 2.85. The second kappa shape index (κ2) is 12.4. The molecule has 5 N–H and O–H groups in total. The highest BCUT2D eigenvalue weighted by atomic mass is 16.7. The predicted molar refractivity (Wildman–Crippen MR) is 204 cm³/mol. The number of carbonyl (C=O) groups excluding carboxylic acids is 3. The second-order valence-electron chi connectivity index (χ2n) is 20.4. The summed E-state index contributed by atoms with van der Waals surface area (Å²) in [6, 6.07) is 2.19. The van der Waals surface area contributed by atoms with Crippen molar-refractivity contribution in [3.05, 3.63) is 48.0 Å². The van der Waals surface area contributed by atoms with Gasteiger partial charge in [-0.25, -0.2) is 4.79 Å². The average Bonchev–Trinajstić information content (AvgIpc) is 3.61. The molecular formula is C45H58N2O11. The Morgan fingerprint density at radius 2 is 1.79 bits per heavy atom. The van der Waals surface area contributed by atoms with E-state index < -0.39 is 87.3 Å². The Labute approximate surface area is 338 Å². The van der Waals surface area contributed by atoms with E-state index in [1.807, 2.05) is 32.1 Å². The molecule has 11 aliphatic rings. The minimum Gasteiger partial charge on any atom is -0.469 e. The highest BCUT2D eigenvalue weighted by Gasteiger charge is 2.95. The molecule has 8 fully saturated rings. The number of aliphatic hydroxyl groups is 3. The summed E-state index contributed by atoms with van der Waals surface area (Å²) in [5.41, 5.74) is -7.01. The lowest BCUT2D eigenvalue weighted by Gasteiger charge is -2.69. The van der Waals surface area contributed by atoms with E-state index in [1.165, 1.54) is 0 Å². The quantitative estimate of drug-likeness (QED) is 0.154. The van der Waals surface area contributed by atoms with Gasteiger partial charge in [0.15, 0.2) is 11.9 Å². The number of epoxide rings is 1. The van der Waals surface area contributed by atoms with Crippen molar-refractivity contribution in [2.75, 3.05) is 26.4 Å². The van der Waals surface area contributed by atoms with Gasteiger partial charge >= 0.3 is 11.9 Å². The van der Waals surface area contributed by atoms with Gasteiger partial charge in [-0.15, -0.1) is 0 Å². The van der Waals surface area contributed by atoms with E-state index in [2.05, 4.69) is 29.7 Å². The maximum atomic E-state index is 15.5. The van der Waals surface area contributed by atoms with Crippen LogP contribution in [0.3, 0.4) is 0 Å². The monoisotopic (exact) mass is 802 g/mol. The Balaban J connectivity index is 0.994. The number of esters is 2. The summed E-state index contributed by atoms with van der Waals surface area (Å²) in [7, 11) is 0. The van der Waals surface area contributed by atoms with Gasteiger partial charge in [-0.2, -0.15) is 0 Å². The Bertz CT molecular complexity index is 1980. The average molecular weight is 803 g/mol. The van der Waals surface area contributed by atoms with Gasteiger partial charge in [0.1, 0.15) is 30.2 Å². The van der Waals surface area contributed by atoms with Gasteiger partial charge in [0.25, 0.3) is 0 Å². The van der Waals surface area contributed by atoms with Crippen LogP contribution >= 0.6 is 0 Å². The number of rotatable bonds is 7. The molecule has 0 radical (unpaired) electrons. The summed E-state index contributed by atoms with van der Waals surface area (Å²) in [6.45, 7) is 7.22. The van der Waals surface area contributed by atoms with Crippen LogP contribution in [0.2, 0.25) is 0 Å². The van der Waals surface area contributed by atoms with Gasteiger partial charge in [-0.1, -0.05) is 44.1 Å². The van der Waals surface area contributed by atoms with E-state index in [1.54, 1.807) is 6.26 Å². The fourth-order valence-corrected chi connectivity index (χ4v) is 15.8. The number of aliphatic hydroxyl groups excluding tert-OH is 3. The van der Waals surface area contributed by atoms with Gasteiger partial charge in [0, 0.05) is 48.0 Å². The molecule has 5 spiro atoms. The van der Waals surface area contributed by atoms with Crippen LogP contribution in [0.25, 0.3) is 0 Å². The molecule has 0 amide bonds. The largest absolute Gasteiger partial charge is 0.469 e. The van der Waals surface area contributed by atoms with Gasteiger partial charge in [0.2, 0.25) is 0 Å². The van der Waals surface area contributed by atoms with Crippen LogP contribution in [-0.4, -0.2) is 101 Å². The molecule has 15 atom stereocenters. The van der Waals surface area contributed by atoms with E-state index in [4.69, 9.17) is 23.4 Å². The molecule has 12 rings (SSSR count). The number of allylic oxidation sites excluding steroid dienone is 2. The summed E-state index contributed by atoms with van der Waals surface area (Å²) in [6.07, 6.45) is 11.5. The van der Waals surface area contributed by atoms with E-state index in [9.17, 15) is 24.9 Å². The normalized spacial score (nSPS) is 48.6. The van der Waals surface area contributed by atoms with Crippen molar-refractivity contribution in [3.8, 4) is 0 Å². The molecule has 3 saturated carbocycles. The molecule has 13 heteroatoms. The molecule has 5 saturated heterocycles. The summed E-state index contributed by atoms with van der Waals surface area (Å²) in [5.74, 6) is -0.981. The van der Waals surface area contributed by atoms with Crippen molar-refractivity contribution in [2.45, 2.75) is 133 Å². The van der Waals surface area contributed by atoms with Crippen LogP contribution in [0.4, 0.5) is 0 Å². The van der Waals surface area contributed by atoms with Gasteiger partial charge < -0.3 is 44.0 Å². The van der Waals surface area contributed by atoms with Crippen molar-refractivity contribution in [1.29, 1.82) is 0 Å². The van der Waals surface area contributed by atoms with Gasteiger partial charge in [0.05, 0.1) is 46.9 Å². The Morgan fingerprint density at radius 3 is 2.52 bits per heavy atom. The number of fused-ring (bicyclic) bond motifs is 3. The topological polar surface area (TPSA) is 189 Å². The third-order valence-corrected chi connectivity index (χ3v) is 18.3. The predicted octanol–water partition coefficient (Wildman–Crippen LogP) is 3.20. The molecular weight excluding hydrogens is 744 g/mol. The van der Waals surface area contributed by atoms with E-state index >= 15 is 4.79 Å². The first-order chi connectivity index (χ1) is 27.8. The molecule has 1 aromatic rings. The van der Waals surface area contributed by atoms with Crippen LogP contribution in [-0.2, 0) is 39.8 Å². The number of hydrogen-bond donors (Lipinski definition) is 5. The van der Waals surface area contributed by atoms with Crippen molar-refractivity contribution in [2.24, 2.45) is 50.7 Å². The zero-order valence-electron chi connectivity index (χ0n) is 33.7. The third kappa shape index (κ3) is 4.20. The molecule has 314 valence electrons. The number of Topliss-reactive ketones (excluding diaryl/α,β-unsaturated/α-hetero) is 1. The zero-order valence-corrected chi connectivity index (χ0v) is 33.7. The fourth-order valence-electron chi connectivity index (χ4n) is 15.8. The molecule has 6 heterocycles. The number of ketones is 1. The van der Waals surface area contributed by atoms with Crippen molar-refractivity contribution in [1.82, 2.24) is 10.6 Å². The summed E-state index contributed by atoms with van der Waals surface area (Å²) < 4.78 is 32.9. The van der Waals surface area contributed by atoms with Gasteiger partial charge in [-0.05, 0) is 82.6 Å². The van der Waals surface area contributed by atoms with E-state index in [0.717, 1.165) is 38.9 Å². The lowest BCUT2D eigenvalue weighted by molar-refractivity contribution is -0.273. The van der Waals surface area contributed by atoms with Crippen LogP contribution in [0.15, 0.2) is 41.1 Å². The SMILES string of the molecule is CC1(C)OC2C3(CCCC3)C(=O)OCC23C2CCC4(C)C(c5ccoc5CC(C(O)CO)C5C=CC(C6CNCN6)CC5)OC(=O)C5OC54C24CC=CC13C(=O)C4O. The molecule has 2 bridgehead atoms. The first kappa shape index (κ1) is 38.0. The number of hydrogen-bond acceptors (Lipinski definition) is 13. The van der Waals surface area contributed by atoms with Crippen molar-refractivity contribution < 1.29 is 53.1 Å². The minimum absolute atomic E-state index is 0.00685. The standard InChI is InChI=1S/C45H58N2O11/c1-39(2)44-16-6-15-42(32(50)33(44)51)31(43(44)22-55-38(53)41(37(43)58-39)13-4-5-14-41)11-17-40(3)34(56-36(52)35-45(40,42)57-35)26-12-18-54-30(26)19-27(29(49)21-48)24-7-9-25(10-8-24)28-20-46-23-47-28/h6-7,9,12,16,18,24-25,27-29,31-32,34-35,37,46-50H,4-5,8,10-11,13-15,17,19-23H2,1-3H3. The third-order valence-electron chi connectivity index (χ3n) is 18.3. The summed E-state index contributed by atoms with van der Waals surface area (Å²) in [5, 5.41) is 41.3. The maximum absolute atomic E-state index is 15.5.